The average Bonchev–Trinajstić information content (AvgIpc) is 3.70. The van der Waals surface area contributed by atoms with E-state index in [4.69, 9.17) is 24.7 Å². The van der Waals surface area contributed by atoms with Crippen LogP contribution in [0.4, 0.5) is 21.1 Å². The van der Waals surface area contributed by atoms with Gasteiger partial charge in [-0.15, -0.1) is 0 Å². The molecule has 13 heteroatoms. The molecule has 0 spiro atoms. The van der Waals surface area contributed by atoms with Gasteiger partial charge >= 0.3 is 12.2 Å². The molecule has 1 aliphatic carbocycles. The van der Waals surface area contributed by atoms with Gasteiger partial charge in [0.15, 0.2) is 27.1 Å². The maximum atomic E-state index is 13.5. The van der Waals surface area contributed by atoms with Crippen molar-refractivity contribution in [3.05, 3.63) is 60.8 Å². The molecule has 236 valence electrons. The molecule has 0 bridgehead atoms. The summed E-state index contributed by atoms with van der Waals surface area (Å²) in [6.45, 7) is 9.98. The van der Waals surface area contributed by atoms with Crippen LogP contribution in [0.25, 0.3) is 34.0 Å². The lowest BCUT2D eigenvalue weighted by molar-refractivity contribution is 0.0429. The zero-order chi connectivity index (χ0) is 32.7. The molecule has 12 nitrogen and oxygen atoms in total. The van der Waals surface area contributed by atoms with Crippen LogP contribution in [-0.4, -0.2) is 52.2 Å². The highest BCUT2D eigenvalue weighted by Gasteiger charge is 2.38. The van der Waals surface area contributed by atoms with Gasteiger partial charge in [-0.3, -0.25) is 0 Å². The SMILES string of the molecule is CC(C)(C)OC(=O)N(C(=O)OC(C)(C)C)c1ncc(-c2ccc(S(=O)(=O)C3CC3)cc2)nc1-c1cc(-c2ccc(N)cc2)no1. The van der Waals surface area contributed by atoms with Crippen molar-refractivity contribution >= 4 is 33.5 Å². The Morgan fingerprint density at radius 1 is 0.867 bits per heavy atom. The Morgan fingerprint density at radius 3 is 1.93 bits per heavy atom. The lowest BCUT2D eigenvalue weighted by Gasteiger charge is -2.28. The molecule has 2 N–H and O–H groups in total. The van der Waals surface area contributed by atoms with Crippen LogP contribution in [0.15, 0.2) is 70.2 Å². The zero-order valence-electron chi connectivity index (χ0n) is 25.9. The predicted molar refractivity (Wildman–Crippen MR) is 168 cm³/mol. The molecule has 0 atom stereocenters. The van der Waals surface area contributed by atoms with Gasteiger partial charge in [-0.25, -0.2) is 28.0 Å². The van der Waals surface area contributed by atoms with E-state index in [9.17, 15) is 18.0 Å². The van der Waals surface area contributed by atoms with Gasteiger partial charge in [-0.2, -0.15) is 4.90 Å². The molecular weight excluding hydrogens is 598 g/mol. The van der Waals surface area contributed by atoms with E-state index in [0.29, 0.717) is 45.9 Å². The van der Waals surface area contributed by atoms with Crippen LogP contribution in [0, 0.1) is 0 Å². The van der Waals surface area contributed by atoms with Crippen LogP contribution >= 0.6 is 0 Å². The number of hydrogen-bond acceptors (Lipinski definition) is 11. The first-order valence-electron chi connectivity index (χ1n) is 14.3. The quantitative estimate of drug-likeness (QED) is 0.225. The monoisotopic (exact) mass is 633 g/mol. The lowest BCUT2D eigenvalue weighted by atomic mass is 10.1. The molecule has 4 aromatic rings. The summed E-state index contributed by atoms with van der Waals surface area (Å²) < 4.78 is 42.2. The second-order valence-corrected chi connectivity index (χ2v) is 14.9. The molecule has 1 saturated carbocycles. The summed E-state index contributed by atoms with van der Waals surface area (Å²) >= 11 is 0. The average molecular weight is 634 g/mol. The summed E-state index contributed by atoms with van der Waals surface area (Å²) in [6.07, 6.45) is 0.604. The van der Waals surface area contributed by atoms with Crippen LogP contribution in [0.5, 0.6) is 0 Å². The third-order valence-electron chi connectivity index (χ3n) is 6.51. The predicted octanol–water partition coefficient (Wildman–Crippen LogP) is 6.66. The third kappa shape index (κ3) is 7.31. The van der Waals surface area contributed by atoms with E-state index in [1.807, 2.05) is 0 Å². The van der Waals surface area contributed by atoms with Crippen LogP contribution in [-0.2, 0) is 19.3 Å². The molecule has 2 amide bonds. The highest BCUT2D eigenvalue weighted by Crippen LogP contribution is 2.36. The molecule has 0 unspecified atom stereocenters. The van der Waals surface area contributed by atoms with Crippen LogP contribution in [0.1, 0.15) is 54.4 Å². The molecule has 45 heavy (non-hydrogen) atoms. The molecule has 0 saturated heterocycles. The minimum Gasteiger partial charge on any atom is -0.443 e. The van der Waals surface area contributed by atoms with Crippen molar-refractivity contribution in [2.45, 2.75) is 75.7 Å². The Kier molecular flexibility index (Phi) is 8.17. The number of sulfone groups is 1. The summed E-state index contributed by atoms with van der Waals surface area (Å²) in [5, 5.41) is 3.82. The van der Waals surface area contributed by atoms with Crippen molar-refractivity contribution < 1.29 is 32.0 Å². The van der Waals surface area contributed by atoms with Crippen molar-refractivity contribution in [2.24, 2.45) is 0 Å². The number of carbonyl (C=O) groups excluding carboxylic acids is 2. The molecule has 0 aliphatic heterocycles. The van der Waals surface area contributed by atoms with E-state index < -0.39 is 33.2 Å². The number of amides is 2. The Labute approximate surface area is 261 Å². The summed E-state index contributed by atoms with van der Waals surface area (Å²) in [5.74, 6) is -0.119. The van der Waals surface area contributed by atoms with Crippen molar-refractivity contribution in [1.29, 1.82) is 0 Å². The second-order valence-electron chi connectivity index (χ2n) is 12.7. The first kappa shape index (κ1) is 31.6. The molecule has 1 fully saturated rings. The number of carbonyl (C=O) groups is 2. The van der Waals surface area contributed by atoms with Gasteiger partial charge in [-0.1, -0.05) is 29.4 Å². The molecule has 5 rings (SSSR count). The standard InChI is InChI=1S/C32H35N5O7S/c1-31(2,3)42-29(38)37(30(39)43-32(4,5)6)28-27(26-17-24(36-44-26)19-7-11-21(33)12-8-19)35-25(18-34-28)20-9-13-22(14-10-20)45(40,41)23-15-16-23/h7-14,17-18,23H,15-16,33H2,1-6H3. The fraction of sp³-hybridized carbons (Fsp3) is 0.344. The van der Waals surface area contributed by atoms with E-state index in [2.05, 4.69) is 10.1 Å². The normalized spacial score (nSPS) is 13.7. The van der Waals surface area contributed by atoms with E-state index in [-0.39, 0.29) is 27.4 Å². The summed E-state index contributed by atoms with van der Waals surface area (Å²) in [4.78, 5) is 37.1. The number of anilines is 2. The Morgan fingerprint density at radius 2 is 1.40 bits per heavy atom. The number of imide groups is 1. The van der Waals surface area contributed by atoms with Gasteiger partial charge in [0.05, 0.1) is 22.0 Å². The van der Waals surface area contributed by atoms with Crippen molar-refractivity contribution in [1.82, 2.24) is 15.1 Å². The maximum Gasteiger partial charge on any atom is 0.425 e. The van der Waals surface area contributed by atoms with E-state index >= 15 is 0 Å². The summed E-state index contributed by atoms with van der Waals surface area (Å²) in [7, 11) is -3.39. The zero-order valence-corrected chi connectivity index (χ0v) is 26.7. The molecule has 2 aromatic carbocycles. The van der Waals surface area contributed by atoms with Crippen LogP contribution in [0.2, 0.25) is 0 Å². The minimum absolute atomic E-state index is 0.00640. The number of nitrogen functional groups attached to an aromatic ring is 1. The van der Waals surface area contributed by atoms with Gasteiger partial charge in [-0.05, 0) is 78.6 Å². The topological polar surface area (TPSA) is 168 Å². The number of benzene rings is 2. The number of hydrogen-bond donors (Lipinski definition) is 1. The van der Waals surface area contributed by atoms with Crippen molar-refractivity contribution in [3.8, 4) is 34.0 Å². The molecule has 1 aliphatic rings. The molecular formula is C32H35N5O7S. The van der Waals surface area contributed by atoms with Crippen molar-refractivity contribution in [2.75, 3.05) is 10.6 Å². The maximum absolute atomic E-state index is 13.5. The Hall–Kier alpha value is -4.78. The van der Waals surface area contributed by atoms with Gasteiger partial charge in [0.1, 0.15) is 16.9 Å². The van der Waals surface area contributed by atoms with E-state index in [1.165, 1.54) is 18.3 Å². The smallest absolute Gasteiger partial charge is 0.425 e. The van der Waals surface area contributed by atoms with Gasteiger partial charge < -0.3 is 19.7 Å². The first-order chi connectivity index (χ1) is 21.0. The fourth-order valence-corrected chi connectivity index (χ4v) is 5.93. The molecule has 2 aromatic heterocycles. The second kappa shape index (κ2) is 11.6. The number of nitrogens with two attached hydrogens (primary N) is 1. The summed E-state index contributed by atoms with van der Waals surface area (Å²) in [6, 6.07) is 14.9. The Bertz CT molecular complexity index is 1810. The molecule has 0 radical (unpaired) electrons. The van der Waals surface area contributed by atoms with Gasteiger partial charge in [0, 0.05) is 22.9 Å². The third-order valence-corrected chi connectivity index (χ3v) is 8.79. The Balaban J connectivity index is 1.64. The van der Waals surface area contributed by atoms with Crippen LogP contribution in [0.3, 0.4) is 0 Å². The summed E-state index contributed by atoms with van der Waals surface area (Å²) in [5.41, 5.74) is 6.50. The first-order valence-corrected chi connectivity index (χ1v) is 15.9. The van der Waals surface area contributed by atoms with E-state index in [1.54, 1.807) is 84.0 Å². The highest BCUT2D eigenvalue weighted by molar-refractivity contribution is 7.92. The van der Waals surface area contributed by atoms with Crippen LogP contribution < -0.4 is 10.6 Å². The van der Waals surface area contributed by atoms with Gasteiger partial charge in [0.2, 0.25) is 0 Å². The minimum atomic E-state index is -3.39. The highest BCUT2D eigenvalue weighted by atomic mass is 32.2. The number of aromatic nitrogens is 3. The van der Waals surface area contributed by atoms with Crippen molar-refractivity contribution in [3.63, 3.8) is 0 Å². The lowest BCUT2D eigenvalue weighted by Crippen LogP contribution is -2.44. The molecule has 2 heterocycles. The largest absolute Gasteiger partial charge is 0.443 e. The van der Waals surface area contributed by atoms with Gasteiger partial charge in [0.25, 0.3) is 0 Å². The number of nitrogens with zero attached hydrogens (tertiary/aromatic N) is 4. The van der Waals surface area contributed by atoms with E-state index in [0.717, 1.165) is 0 Å². The fourth-order valence-electron chi connectivity index (χ4n) is 4.28. The number of rotatable bonds is 6. The number of ether oxygens (including phenoxy) is 2.